The molecule has 3 aliphatic rings. The molecule has 7 heteroatoms. The van der Waals surface area contributed by atoms with Gasteiger partial charge in [0.15, 0.2) is 0 Å². The molecule has 4 unspecified atom stereocenters. The highest BCUT2D eigenvalue weighted by Crippen LogP contribution is 2.52. The first-order valence-electron chi connectivity index (χ1n) is 12.4. The highest BCUT2D eigenvalue weighted by atomic mass is 16.5. The van der Waals surface area contributed by atoms with Crippen LogP contribution in [-0.2, 0) is 37.0 Å². The fourth-order valence-corrected chi connectivity index (χ4v) is 5.55. The lowest BCUT2D eigenvalue weighted by Gasteiger charge is -2.23. The standard InChI is InChI=1S/C30H27NO6/c32-22-13-11-21(12-14-22)31-29(33)25-26(30(31)34)28-24(18-36-16-20-9-5-2-6-10-20)23(27(25)37-28)17-35-15-19-7-3-1-4-8-19/h1-14,25-28,32H,15-18H2. The maximum absolute atomic E-state index is 13.5. The summed E-state index contributed by atoms with van der Waals surface area (Å²) < 4.78 is 18.4. The van der Waals surface area contributed by atoms with E-state index in [1.807, 2.05) is 60.7 Å². The van der Waals surface area contributed by atoms with E-state index in [4.69, 9.17) is 14.2 Å². The van der Waals surface area contributed by atoms with E-state index < -0.39 is 24.0 Å². The smallest absolute Gasteiger partial charge is 0.240 e. The number of ether oxygens (including phenoxy) is 3. The van der Waals surface area contributed by atoms with Gasteiger partial charge < -0.3 is 19.3 Å². The summed E-state index contributed by atoms with van der Waals surface area (Å²) in [6, 6.07) is 25.9. The number of amides is 2. The van der Waals surface area contributed by atoms with Crippen LogP contribution in [0.1, 0.15) is 11.1 Å². The average Bonchev–Trinajstić information content (AvgIpc) is 3.55. The number of nitrogens with zero attached hydrogens (tertiary/aromatic N) is 1. The lowest BCUT2D eigenvalue weighted by molar-refractivity contribution is -0.124. The second kappa shape index (κ2) is 9.94. The van der Waals surface area contributed by atoms with Gasteiger partial charge in [0.2, 0.25) is 11.8 Å². The van der Waals surface area contributed by atoms with E-state index in [-0.39, 0.29) is 17.6 Å². The Bertz CT molecular complexity index is 1240. The number of imide groups is 1. The van der Waals surface area contributed by atoms with Crippen LogP contribution >= 0.6 is 0 Å². The fraction of sp³-hybridized carbons (Fsp3) is 0.267. The number of fused-ring (bicyclic) bond motifs is 5. The quantitative estimate of drug-likeness (QED) is 0.355. The Kier molecular flexibility index (Phi) is 6.34. The first-order chi connectivity index (χ1) is 18.1. The largest absolute Gasteiger partial charge is 0.508 e. The molecule has 3 aromatic rings. The van der Waals surface area contributed by atoms with Gasteiger partial charge in [0.1, 0.15) is 5.75 Å². The van der Waals surface area contributed by atoms with E-state index >= 15 is 0 Å². The Morgan fingerprint density at radius 1 is 0.649 bits per heavy atom. The summed E-state index contributed by atoms with van der Waals surface area (Å²) in [5, 5.41) is 9.64. The monoisotopic (exact) mass is 497 g/mol. The third-order valence-corrected chi connectivity index (χ3v) is 7.29. The van der Waals surface area contributed by atoms with Gasteiger partial charge in [0, 0.05) is 0 Å². The summed E-state index contributed by atoms with van der Waals surface area (Å²) in [6.45, 7) is 1.45. The minimum absolute atomic E-state index is 0.0730. The lowest BCUT2D eigenvalue weighted by Crippen LogP contribution is -2.34. The number of rotatable bonds is 9. The zero-order valence-corrected chi connectivity index (χ0v) is 20.2. The first kappa shape index (κ1) is 23.6. The second-order valence-corrected chi connectivity index (χ2v) is 9.56. The van der Waals surface area contributed by atoms with Crippen molar-refractivity contribution in [1.82, 2.24) is 0 Å². The molecule has 0 saturated carbocycles. The number of anilines is 1. The molecule has 3 aromatic carbocycles. The normalized spacial score (nSPS) is 24.3. The number of benzene rings is 3. The van der Waals surface area contributed by atoms with Gasteiger partial charge in [-0.25, -0.2) is 4.90 Å². The van der Waals surface area contributed by atoms with Gasteiger partial charge in [-0.3, -0.25) is 9.59 Å². The highest BCUT2D eigenvalue weighted by molar-refractivity contribution is 6.23. The molecule has 0 spiro atoms. The van der Waals surface area contributed by atoms with Gasteiger partial charge >= 0.3 is 0 Å². The molecule has 2 bridgehead atoms. The summed E-state index contributed by atoms with van der Waals surface area (Å²) in [4.78, 5) is 28.2. The molecule has 4 atom stereocenters. The maximum Gasteiger partial charge on any atom is 0.240 e. The first-order valence-corrected chi connectivity index (χ1v) is 12.4. The summed E-state index contributed by atoms with van der Waals surface area (Å²) in [7, 11) is 0. The van der Waals surface area contributed by atoms with Gasteiger partial charge in [0.05, 0.1) is 56.2 Å². The molecule has 0 aliphatic carbocycles. The lowest BCUT2D eigenvalue weighted by atomic mass is 9.77. The van der Waals surface area contributed by atoms with E-state index in [2.05, 4.69) is 0 Å². The molecular weight excluding hydrogens is 470 g/mol. The van der Waals surface area contributed by atoms with Gasteiger partial charge in [-0.1, -0.05) is 60.7 Å². The van der Waals surface area contributed by atoms with E-state index in [9.17, 15) is 14.7 Å². The van der Waals surface area contributed by atoms with Crippen molar-refractivity contribution in [2.24, 2.45) is 11.8 Å². The second-order valence-electron chi connectivity index (χ2n) is 9.56. The Morgan fingerprint density at radius 3 is 1.57 bits per heavy atom. The molecule has 0 radical (unpaired) electrons. The van der Waals surface area contributed by atoms with Crippen molar-refractivity contribution in [3.8, 4) is 5.75 Å². The molecule has 37 heavy (non-hydrogen) atoms. The van der Waals surface area contributed by atoms with E-state index in [0.29, 0.717) is 32.1 Å². The molecule has 3 heterocycles. The molecule has 2 saturated heterocycles. The van der Waals surface area contributed by atoms with Crippen LogP contribution < -0.4 is 4.90 Å². The van der Waals surface area contributed by atoms with Crippen LogP contribution in [0.2, 0.25) is 0 Å². The van der Waals surface area contributed by atoms with Crippen molar-refractivity contribution in [3.05, 3.63) is 107 Å². The Balaban J connectivity index is 1.24. The van der Waals surface area contributed by atoms with Crippen molar-refractivity contribution >= 4 is 17.5 Å². The molecule has 6 rings (SSSR count). The molecule has 2 fully saturated rings. The number of hydrogen-bond donors (Lipinski definition) is 1. The molecule has 0 aromatic heterocycles. The average molecular weight is 498 g/mol. The van der Waals surface area contributed by atoms with Crippen LogP contribution in [-0.4, -0.2) is 42.3 Å². The van der Waals surface area contributed by atoms with Gasteiger partial charge in [-0.2, -0.15) is 0 Å². The number of phenols is 1. The van der Waals surface area contributed by atoms with Crippen LogP contribution in [0.3, 0.4) is 0 Å². The maximum atomic E-state index is 13.5. The van der Waals surface area contributed by atoms with E-state index in [1.54, 1.807) is 12.1 Å². The van der Waals surface area contributed by atoms with Crippen molar-refractivity contribution in [1.29, 1.82) is 0 Å². The summed E-state index contributed by atoms with van der Waals surface area (Å²) in [6.07, 6.45) is -1.06. The van der Waals surface area contributed by atoms with Crippen LogP contribution in [0.5, 0.6) is 5.75 Å². The highest BCUT2D eigenvalue weighted by Gasteiger charge is 2.65. The third-order valence-electron chi connectivity index (χ3n) is 7.29. The van der Waals surface area contributed by atoms with Gasteiger partial charge in [-0.05, 0) is 46.5 Å². The van der Waals surface area contributed by atoms with Crippen LogP contribution in [0.25, 0.3) is 0 Å². The molecule has 188 valence electrons. The van der Waals surface area contributed by atoms with Gasteiger partial charge in [0.25, 0.3) is 0 Å². The summed E-state index contributed by atoms with van der Waals surface area (Å²) in [5.74, 6) is -1.68. The zero-order chi connectivity index (χ0) is 25.4. The van der Waals surface area contributed by atoms with Crippen molar-refractivity contribution < 1.29 is 28.9 Å². The third kappa shape index (κ3) is 4.35. The molecule has 2 amide bonds. The van der Waals surface area contributed by atoms with Crippen molar-refractivity contribution in [3.63, 3.8) is 0 Å². The minimum Gasteiger partial charge on any atom is -0.508 e. The van der Waals surface area contributed by atoms with Crippen LogP contribution in [0, 0.1) is 11.8 Å². The Morgan fingerprint density at radius 2 is 1.11 bits per heavy atom. The summed E-state index contributed by atoms with van der Waals surface area (Å²) >= 11 is 0. The topological polar surface area (TPSA) is 85.3 Å². The van der Waals surface area contributed by atoms with Crippen LogP contribution in [0.15, 0.2) is 96.1 Å². The Hall–Kier alpha value is -3.78. The van der Waals surface area contributed by atoms with Crippen molar-refractivity contribution in [2.45, 2.75) is 25.4 Å². The Labute approximate surface area is 214 Å². The molecule has 3 aliphatic heterocycles. The number of carbonyl (C=O) groups is 2. The van der Waals surface area contributed by atoms with Crippen molar-refractivity contribution in [2.75, 3.05) is 18.1 Å². The molecule has 1 N–H and O–H groups in total. The van der Waals surface area contributed by atoms with E-state index in [1.165, 1.54) is 17.0 Å². The number of hydrogen-bond acceptors (Lipinski definition) is 6. The molecule has 7 nitrogen and oxygen atoms in total. The van der Waals surface area contributed by atoms with E-state index in [0.717, 1.165) is 22.3 Å². The number of aromatic hydroxyl groups is 1. The fourth-order valence-electron chi connectivity index (χ4n) is 5.55. The zero-order valence-electron chi connectivity index (χ0n) is 20.2. The number of carbonyl (C=O) groups excluding carboxylic acids is 2. The minimum atomic E-state index is -0.598. The predicted molar refractivity (Wildman–Crippen MR) is 135 cm³/mol. The number of phenolic OH excluding ortho intramolecular Hbond substituents is 1. The molecular formula is C30H27NO6. The van der Waals surface area contributed by atoms with Crippen LogP contribution in [0.4, 0.5) is 5.69 Å². The SMILES string of the molecule is O=C1C2C3OC(C(COCc4ccccc4)=C3COCc3ccccc3)C2C(=O)N1c1ccc(O)cc1. The van der Waals surface area contributed by atoms with Gasteiger partial charge in [-0.15, -0.1) is 0 Å². The summed E-state index contributed by atoms with van der Waals surface area (Å²) in [5.41, 5.74) is 4.34. The predicted octanol–water partition coefficient (Wildman–Crippen LogP) is 4.01.